The molecule has 2 N–H and O–H groups in total. The second kappa shape index (κ2) is 7.24. The van der Waals surface area contributed by atoms with E-state index in [0.29, 0.717) is 37.2 Å². The lowest BCUT2D eigenvalue weighted by atomic mass is 9.91. The molecule has 0 aromatic heterocycles. The van der Waals surface area contributed by atoms with Crippen molar-refractivity contribution in [2.24, 2.45) is 0 Å². The molecule has 0 heterocycles. The molecule has 0 saturated heterocycles. The number of aliphatic carboxylic acids is 1. The van der Waals surface area contributed by atoms with Crippen molar-refractivity contribution in [1.82, 2.24) is 5.32 Å². The first-order valence-corrected chi connectivity index (χ1v) is 6.76. The van der Waals surface area contributed by atoms with Gasteiger partial charge in [-0.2, -0.15) is 0 Å². The molecule has 1 aromatic carbocycles. The highest BCUT2D eigenvalue weighted by Gasteiger charge is 2.34. The molecule has 4 nitrogen and oxygen atoms in total. The molecule has 0 fully saturated rings. The predicted octanol–water partition coefficient (Wildman–Crippen LogP) is 2.75. The molecule has 1 atom stereocenters. The van der Waals surface area contributed by atoms with Crippen molar-refractivity contribution in [2.75, 3.05) is 13.7 Å². The van der Waals surface area contributed by atoms with E-state index in [9.17, 15) is 14.3 Å². The quantitative estimate of drug-likeness (QED) is 0.720. The van der Waals surface area contributed by atoms with Crippen molar-refractivity contribution >= 4 is 5.97 Å². The first kappa shape index (κ1) is 16.4. The number of hydrogen-bond donors (Lipinski definition) is 2. The van der Waals surface area contributed by atoms with Crippen LogP contribution in [-0.2, 0) is 4.79 Å². The Labute approximate surface area is 119 Å². The van der Waals surface area contributed by atoms with Gasteiger partial charge in [-0.15, -0.1) is 0 Å². The number of aryl methyl sites for hydroxylation is 1. The zero-order chi connectivity index (χ0) is 15.2. The number of hydrogen-bond acceptors (Lipinski definition) is 3. The van der Waals surface area contributed by atoms with Crippen molar-refractivity contribution in [3.8, 4) is 5.75 Å². The van der Waals surface area contributed by atoms with Gasteiger partial charge < -0.3 is 15.2 Å². The average molecular weight is 283 g/mol. The van der Waals surface area contributed by atoms with Crippen LogP contribution < -0.4 is 10.1 Å². The maximum absolute atomic E-state index is 13.3. The number of halogens is 1. The normalized spacial score (nSPS) is 13.8. The highest BCUT2D eigenvalue weighted by atomic mass is 19.1. The third-order valence-corrected chi connectivity index (χ3v) is 3.65. The second-order valence-corrected chi connectivity index (χ2v) is 4.85. The summed E-state index contributed by atoms with van der Waals surface area (Å²) in [6.07, 6.45) is 1.54. The van der Waals surface area contributed by atoms with Gasteiger partial charge in [0.25, 0.3) is 0 Å². The fourth-order valence-corrected chi connectivity index (χ4v) is 2.07. The van der Waals surface area contributed by atoms with Gasteiger partial charge in [0.2, 0.25) is 0 Å². The van der Waals surface area contributed by atoms with E-state index in [2.05, 4.69) is 5.32 Å². The van der Waals surface area contributed by atoms with E-state index >= 15 is 0 Å². The SMILES string of the molecule is CCC(CCCOc1ccc(C)c(F)c1)(NC)C(=O)O. The van der Waals surface area contributed by atoms with Crippen LogP contribution in [0.2, 0.25) is 0 Å². The Morgan fingerprint density at radius 3 is 2.70 bits per heavy atom. The number of carboxylic acids is 1. The molecule has 1 unspecified atom stereocenters. The molecule has 0 aliphatic heterocycles. The van der Waals surface area contributed by atoms with Crippen LogP contribution in [0.4, 0.5) is 4.39 Å². The molecule has 20 heavy (non-hydrogen) atoms. The second-order valence-electron chi connectivity index (χ2n) is 4.85. The number of ether oxygens (including phenoxy) is 1. The highest BCUT2D eigenvalue weighted by molar-refractivity contribution is 5.78. The molecule has 0 aliphatic rings. The van der Waals surface area contributed by atoms with Gasteiger partial charge in [0, 0.05) is 6.07 Å². The number of carbonyl (C=O) groups is 1. The molecule has 1 rings (SSSR count). The van der Waals surface area contributed by atoms with E-state index in [-0.39, 0.29) is 5.82 Å². The minimum Gasteiger partial charge on any atom is -0.493 e. The molecular formula is C15H22FNO3. The maximum atomic E-state index is 13.3. The number of carboxylic acid groups (broad SMARTS) is 1. The van der Waals surface area contributed by atoms with Crippen LogP contribution >= 0.6 is 0 Å². The van der Waals surface area contributed by atoms with Gasteiger partial charge in [0.15, 0.2) is 0 Å². The topological polar surface area (TPSA) is 58.6 Å². The number of rotatable bonds is 8. The molecule has 0 aliphatic carbocycles. The van der Waals surface area contributed by atoms with Gasteiger partial charge in [-0.3, -0.25) is 4.79 Å². The standard InChI is InChI=1S/C15H22FNO3/c1-4-15(17-3,14(18)19)8-5-9-20-12-7-6-11(2)13(16)10-12/h6-7,10,17H,4-5,8-9H2,1-3H3,(H,18,19). The monoisotopic (exact) mass is 283 g/mol. The van der Waals surface area contributed by atoms with Crippen LogP contribution in [0.1, 0.15) is 31.7 Å². The first-order chi connectivity index (χ1) is 9.45. The minimum atomic E-state index is -0.915. The third kappa shape index (κ3) is 3.93. The zero-order valence-electron chi connectivity index (χ0n) is 12.2. The summed E-state index contributed by atoms with van der Waals surface area (Å²) in [4.78, 5) is 11.3. The first-order valence-electron chi connectivity index (χ1n) is 6.76. The molecule has 0 radical (unpaired) electrons. The molecule has 0 bridgehead atoms. The Hall–Kier alpha value is -1.62. The number of nitrogens with one attached hydrogen (secondary N) is 1. The number of benzene rings is 1. The molecule has 5 heteroatoms. The molecule has 0 saturated carbocycles. The summed E-state index contributed by atoms with van der Waals surface area (Å²) in [7, 11) is 1.65. The Balaban J connectivity index is 2.48. The van der Waals surface area contributed by atoms with E-state index in [4.69, 9.17) is 4.74 Å². The van der Waals surface area contributed by atoms with Crippen molar-refractivity contribution in [3.05, 3.63) is 29.6 Å². The Morgan fingerprint density at radius 1 is 1.50 bits per heavy atom. The molecule has 112 valence electrons. The van der Waals surface area contributed by atoms with Crippen molar-refractivity contribution in [1.29, 1.82) is 0 Å². The number of likely N-dealkylation sites (N-methyl/N-ethyl adjacent to an activating group) is 1. The van der Waals surface area contributed by atoms with Gasteiger partial charge in [-0.25, -0.2) is 4.39 Å². The van der Waals surface area contributed by atoms with E-state index in [1.165, 1.54) is 6.07 Å². The van der Waals surface area contributed by atoms with Gasteiger partial charge >= 0.3 is 5.97 Å². The lowest BCUT2D eigenvalue weighted by molar-refractivity contribution is -0.145. The summed E-state index contributed by atoms with van der Waals surface area (Å²) >= 11 is 0. The lowest BCUT2D eigenvalue weighted by Gasteiger charge is -2.27. The largest absolute Gasteiger partial charge is 0.493 e. The van der Waals surface area contributed by atoms with Crippen LogP contribution in [0.15, 0.2) is 18.2 Å². The summed E-state index contributed by atoms with van der Waals surface area (Å²) in [6, 6.07) is 4.71. The Morgan fingerprint density at radius 2 is 2.20 bits per heavy atom. The van der Waals surface area contributed by atoms with Crippen molar-refractivity contribution < 1.29 is 19.0 Å². The lowest BCUT2D eigenvalue weighted by Crippen LogP contribution is -2.50. The van der Waals surface area contributed by atoms with Crippen molar-refractivity contribution in [3.63, 3.8) is 0 Å². The zero-order valence-corrected chi connectivity index (χ0v) is 12.2. The van der Waals surface area contributed by atoms with Gasteiger partial charge in [0.05, 0.1) is 6.61 Å². The minimum absolute atomic E-state index is 0.300. The molecule has 0 spiro atoms. The summed E-state index contributed by atoms with van der Waals surface area (Å²) in [5.74, 6) is -0.690. The Bertz CT molecular complexity index is 458. The highest BCUT2D eigenvalue weighted by Crippen LogP contribution is 2.19. The van der Waals surface area contributed by atoms with E-state index in [0.717, 1.165) is 0 Å². The smallest absolute Gasteiger partial charge is 0.323 e. The van der Waals surface area contributed by atoms with Crippen LogP contribution in [-0.4, -0.2) is 30.3 Å². The average Bonchev–Trinajstić information content (AvgIpc) is 2.43. The summed E-state index contributed by atoms with van der Waals surface area (Å²) < 4.78 is 18.8. The van der Waals surface area contributed by atoms with E-state index < -0.39 is 11.5 Å². The van der Waals surface area contributed by atoms with Crippen LogP contribution in [0, 0.1) is 12.7 Å². The predicted molar refractivity (Wildman–Crippen MR) is 75.6 cm³/mol. The fourth-order valence-electron chi connectivity index (χ4n) is 2.07. The summed E-state index contributed by atoms with van der Waals surface area (Å²) in [5.41, 5.74) is -0.342. The van der Waals surface area contributed by atoms with Crippen LogP contribution in [0.5, 0.6) is 5.75 Å². The third-order valence-electron chi connectivity index (χ3n) is 3.65. The maximum Gasteiger partial charge on any atom is 0.323 e. The van der Waals surface area contributed by atoms with E-state index in [1.54, 1.807) is 26.1 Å². The molecular weight excluding hydrogens is 261 g/mol. The van der Waals surface area contributed by atoms with Gasteiger partial charge in [-0.1, -0.05) is 13.0 Å². The fraction of sp³-hybridized carbons (Fsp3) is 0.533. The van der Waals surface area contributed by atoms with Gasteiger partial charge in [0.1, 0.15) is 17.1 Å². The Kier molecular flexibility index (Phi) is 5.95. The summed E-state index contributed by atoms with van der Waals surface area (Å²) in [6.45, 7) is 3.88. The van der Waals surface area contributed by atoms with Crippen LogP contribution in [0.25, 0.3) is 0 Å². The van der Waals surface area contributed by atoms with Gasteiger partial charge in [-0.05, 0) is 44.9 Å². The summed E-state index contributed by atoms with van der Waals surface area (Å²) in [5, 5.41) is 12.1. The van der Waals surface area contributed by atoms with Crippen molar-refractivity contribution in [2.45, 2.75) is 38.6 Å². The molecule has 1 aromatic rings. The van der Waals surface area contributed by atoms with E-state index in [1.807, 2.05) is 6.92 Å². The van der Waals surface area contributed by atoms with Crippen LogP contribution in [0.3, 0.4) is 0 Å². The molecule has 0 amide bonds.